The summed E-state index contributed by atoms with van der Waals surface area (Å²) < 4.78 is 1.73. The summed E-state index contributed by atoms with van der Waals surface area (Å²) in [5, 5.41) is 7.14. The van der Waals surface area contributed by atoms with Crippen LogP contribution in [0.1, 0.15) is 37.8 Å². The van der Waals surface area contributed by atoms with Crippen LogP contribution in [-0.2, 0) is 11.8 Å². The Morgan fingerprint density at radius 3 is 2.57 bits per heavy atom. The zero-order valence-corrected chi connectivity index (χ0v) is 14.5. The van der Waals surface area contributed by atoms with E-state index in [4.69, 9.17) is 0 Å². The van der Waals surface area contributed by atoms with Crippen molar-refractivity contribution in [1.29, 1.82) is 0 Å². The van der Waals surface area contributed by atoms with Gasteiger partial charge in [0.2, 0.25) is 5.91 Å². The summed E-state index contributed by atoms with van der Waals surface area (Å²) >= 11 is 0. The average molecular weight is 321 g/mol. The smallest absolute Gasteiger partial charge is 0.317 e. The predicted molar refractivity (Wildman–Crippen MR) is 87.8 cm³/mol. The van der Waals surface area contributed by atoms with Crippen molar-refractivity contribution in [1.82, 2.24) is 24.9 Å². The first-order valence-corrected chi connectivity index (χ1v) is 8.11. The highest BCUT2D eigenvalue weighted by Crippen LogP contribution is 2.21. The number of carbonyl (C=O) groups excluding carboxylic acids is 2. The number of carbonyl (C=O) groups is 2. The van der Waals surface area contributed by atoms with Gasteiger partial charge in [-0.3, -0.25) is 9.48 Å². The summed E-state index contributed by atoms with van der Waals surface area (Å²) in [6.07, 6.45) is 6.02. The van der Waals surface area contributed by atoms with Crippen molar-refractivity contribution >= 4 is 11.9 Å². The van der Waals surface area contributed by atoms with E-state index in [9.17, 15) is 9.59 Å². The number of nitrogens with zero attached hydrogens (tertiary/aromatic N) is 4. The van der Waals surface area contributed by atoms with Crippen LogP contribution in [0.2, 0.25) is 0 Å². The largest absolute Gasteiger partial charge is 0.349 e. The molecule has 1 aliphatic rings. The molecule has 0 spiro atoms. The first-order chi connectivity index (χ1) is 10.9. The Morgan fingerprint density at radius 1 is 1.39 bits per heavy atom. The molecule has 0 radical (unpaired) electrons. The number of piperidine rings is 1. The lowest BCUT2D eigenvalue weighted by Crippen LogP contribution is -2.45. The van der Waals surface area contributed by atoms with Gasteiger partial charge in [0.25, 0.3) is 0 Å². The second-order valence-corrected chi connectivity index (χ2v) is 6.54. The lowest BCUT2D eigenvalue weighted by Gasteiger charge is -2.33. The third-order valence-corrected chi connectivity index (χ3v) is 4.43. The van der Waals surface area contributed by atoms with Crippen molar-refractivity contribution in [2.45, 2.75) is 32.2 Å². The van der Waals surface area contributed by atoms with E-state index in [1.807, 2.05) is 25.1 Å². The molecule has 0 aromatic carbocycles. The Morgan fingerprint density at radius 2 is 2.04 bits per heavy atom. The number of urea groups is 1. The number of hydrogen-bond acceptors (Lipinski definition) is 3. The van der Waals surface area contributed by atoms with E-state index in [1.165, 1.54) is 0 Å². The average Bonchev–Trinajstić information content (AvgIpc) is 2.94. The SMILES string of the molecule is CC(NC(=O)N1CCC(CC(=O)N(C)C)CC1)c1cnn(C)c1. The molecular formula is C16H27N5O2. The van der Waals surface area contributed by atoms with E-state index in [0.29, 0.717) is 25.4 Å². The first kappa shape index (κ1) is 17.3. The predicted octanol–water partition coefficient (Wildman–Crippen LogP) is 1.38. The minimum Gasteiger partial charge on any atom is -0.349 e. The van der Waals surface area contributed by atoms with E-state index in [-0.39, 0.29) is 18.0 Å². The first-order valence-electron chi connectivity index (χ1n) is 8.11. The minimum atomic E-state index is -0.0655. The topological polar surface area (TPSA) is 70.5 Å². The zero-order valence-electron chi connectivity index (χ0n) is 14.5. The van der Waals surface area contributed by atoms with Crippen molar-refractivity contribution in [2.24, 2.45) is 13.0 Å². The number of rotatable bonds is 4. The summed E-state index contributed by atoms with van der Waals surface area (Å²) in [6, 6.07) is -0.108. The van der Waals surface area contributed by atoms with Gasteiger partial charge in [-0.25, -0.2) is 4.79 Å². The molecule has 1 aliphatic heterocycles. The number of amides is 3. The zero-order chi connectivity index (χ0) is 17.0. The summed E-state index contributed by atoms with van der Waals surface area (Å²) in [5.74, 6) is 0.544. The maximum absolute atomic E-state index is 12.3. The van der Waals surface area contributed by atoms with Gasteiger partial charge in [-0.05, 0) is 25.7 Å². The molecule has 1 fully saturated rings. The molecule has 23 heavy (non-hydrogen) atoms. The van der Waals surface area contributed by atoms with E-state index in [1.54, 1.807) is 29.9 Å². The van der Waals surface area contributed by atoms with Crippen molar-refractivity contribution < 1.29 is 9.59 Å². The van der Waals surface area contributed by atoms with Gasteiger partial charge < -0.3 is 15.1 Å². The van der Waals surface area contributed by atoms with Gasteiger partial charge in [-0.15, -0.1) is 0 Å². The van der Waals surface area contributed by atoms with Gasteiger partial charge in [0.15, 0.2) is 0 Å². The lowest BCUT2D eigenvalue weighted by atomic mass is 9.93. The van der Waals surface area contributed by atoms with Crippen molar-refractivity contribution in [3.05, 3.63) is 18.0 Å². The van der Waals surface area contributed by atoms with E-state index < -0.39 is 0 Å². The maximum Gasteiger partial charge on any atom is 0.317 e. The molecule has 0 aliphatic carbocycles. The molecular weight excluding hydrogens is 294 g/mol. The van der Waals surface area contributed by atoms with Crippen LogP contribution in [-0.4, -0.2) is 58.7 Å². The number of likely N-dealkylation sites (tertiary alicyclic amines) is 1. The summed E-state index contributed by atoms with van der Waals surface area (Å²) in [6.45, 7) is 3.37. The van der Waals surface area contributed by atoms with Crippen LogP contribution in [0.15, 0.2) is 12.4 Å². The standard InChI is InChI=1S/C16H27N5O2/c1-12(14-10-17-20(4)11-14)18-16(23)21-7-5-13(6-8-21)9-15(22)19(2)3/h10-13H,5-9H2,1-4H3,(H,18,23). The summed E-state index contributed by atoms with van der Waals surface area (Å²) in [7, 11) is 5.42. The fraction of sp³-hybridized carbons (Fsp3) is 0.688. The molecule has 3 amide bonds. The molecule has 1 unspecified atom stereocenters. The summed E-state index contributed by atoms with van der Waals surface area (Å²) in [4.78, 5) is 27.6. The highest BCUT2D eigenvalue weighted by atomic mass is 16.2. The van der Waals surface area contributed by atoms with Crippen molar-refractivity contribution in [3.63, 3.8) is 0 Å². The second-order valence-electron chi connectivity index (χ2n) is 6.54. The number of hydrogen-bond donors (Lipinski definition) is 1. The van der Waals surface area contributed by atoms with Gasteiger partial charge in [0.1, 0.15) is 0 Å². The highest BCUT2D eigenvalue weighted by Gasteiger charge is 2.25. The monoisotopic (exact) mass is 321 g/mol. The lowest BCUT2D eigenvalue weighted by molar-refractivity contribution is -0.129. The molecule has 2 heterocycles. The molecule has 1 saturated heterocycles. The number of aromatic nitrogens is 2. The second kappa shape index (κ2) is 7.48. The fourth-order valence-electron chi connectivity index (χ4n) is 2.79. The van der Waals surface area contributed by atoms with Crippen LogP contribution >= 0.6 is 0 Å². The quantitative estimate of drug-likeness (QED) is 0.911. The molecule has 7 nitrogen and oxygen atoms in total. The normalized spacial score (nSPS) is 17.0. The molecule has 2 rings (SSSR count). The van der Waals surface area contributed by atoms with Gasteiger partial charge in [-0.2, -0.15) is 5.10 Å². The molecule has 1 aromatic heterocycles. The molecule has 7 heteroatoms. The van der Waals surface area contributed by atoms with Gasteiger partial charge >= 0.3 is 6.03 Å². The number of nitrogens with one attached hydrogen (secondary N) is 1. The third kappa shape index (κ3) is 4.71. The Kier molecular flexibility index (Phi) is 5.63. The van der Waals surface area contributed by atoms with Crippen LogP contribution < -0.4 is 5.32 Å². The molecule has 128 valence electrons. The Bertz CT molecular complexity index is 546. The third-order valence-electron chi connectivity index (χ3n) is 4.43. The van der Waals surface area contributed by atoms with Crippen LogP contribution in [0.4, 0.5) is 4.79 Å². The van der Waals surface area contributed by atoms with Crippen molar-refractivity contribution in [3.8, 4) is 0 Å². The fourth-order valence-corrected chi connectivity index (χ4v) is 2.79. The van der Waals surface area contributed by atoms with Gasteiger partial charge in [-0.1, -0.05) is 0 Å². The Balaban J connectivity index is 1.78. The van der Waals surface area contributed by atoms with E-state index in [2.05, 4.69) is 10.4 Å². The molecule has 1 N–H and O–H groups in total. The van der Waals surface area contributed by atoms with E-state index in [0.717, 1.165) is 18.4 Å². The maximum atomic E-state index is 12.3. The van der Waals surface area contributed by atoms with Gasteiger partial charge in [0, 0.05) is 52.4 Å². The van der Waals surface area contributed by atoms with E-state index >= 15 is 0 Å². The van der Waals surface area contributed by atoms with Crippen LogP contribution in [0, 0.1) is 5.92 Å². The molecule has 1 aromatic rings. The number of aryl methyl sites for hydroxylation is 1. The molecule has 0 bridgehead atoms. The molecule has 0 saturated carbocycles. The highest BCUT2D eigenvalue weighted by molar-refractivity contribution is 5.76. The van der Waals surface area contributed by atoms with Crippen LogP contribution in [0.25, 0.3) is 0 Å². The van der Waals surface area contributed by atoms with Crippen molar-refractivity contribution in [2.75, 3.05) is 27.2 Å². The Labute approximate surface area is 137 Å². The molecule has 1 atom stereocenters. The summed E-state index contributed by atoms with van der Waals surface area (Å²) in [5.41, 5.74) is 0.993. The van der Waals surface area contributed by atoms with Gasteiger partial charge in [0.05, 0.1) is 12.2 Å². The Hall–Kier alpha value is -2.05. The van der Waals surface area contributed by atoms with Crippen LogP contribution in [0.3, 0.4) is 0 Å². The minimum absolute atomic E-state index is 0.0428. The van der Waals surface area contributed by atoms with Crippen LogP contribution in [0.5, 0.6) is 0 Å².